The fourth-order valence-corrected chi connectivity index (χ4v) is 3.47. The topological polar surface area (TPSA) is 60.7 Å². The van der Waals surface area contributed by atoms with Crippen LogP contribution in [0.15, 0.2) is 23.2 Å². The highest BCUT2D eigenvalue weighted by Crippen LogP contribution is 2.23. The van der Waals surface area contributed by atoms with Crippen molar-refractivity contribution >= 4 is 33.4 Å². The van der Waals surface area contributed by atoms with Gasteiger partial charge in [-0.25, -0.2) is 0 Å². The van der Waals surface area contributed by atoms with Crippen LogP contribution in [0.3, 0.4) is 0 Å². The van der Waals surface area contributed by atoms with E-state index in [4.69, 9.17) is 4.74 Å². The number of aromatic nitrogens is 1. The minimum absolute atomic E-state index is 0.244. The Morgan fingerprint density at radius 2 is 2.09 bits per heavy atom. The lowest BCUT2D eigenvalue weighted by Gasteiger charge is -2.07. The Hall–Kier alpha value is -1.95. The van der Waals surface area contributed by atoms with Gasteiger partial charge >= 0.3 is 5.97 Å². The Bertz CT molecular complexity index is 787. The van der Waals surface area contributed by atoms with Crippen LogP contribution in [0.4, 0.5) is 0 Å². The van der Waals surface area contributed by atoms with Crippen molar-refractivity contribution in [3.05, 3.63) is 28.6 Å². The second-order valence-electron chi connectivity index (χ2n) is 5.60. The molecule has 0 aliphatic rings. The molecule has 0 N–H and O–H groups in total. The minimum Gasteiger partial charge on any atom is -0.466 e. The van der Waals surface area contributed by atoms with E-state index in [1.165, 1.54) is 23.8 Å². The van der Waals surface area contributed by atoms with Crippen molar-refractivity contribution in [1.82, 2.24) is 4.57 Å². The molecule has 1 heterocycles. The summed E-state index contributed by atoms with van der Waals surface area (Å²) in [6.45, 7) is 8.33. The molecular weight excluding hydrogens is 312 g/mol. The van der Waals surface area contributed by atoms with Crippen LogP contribution in [-0.4, -0.2) is 23.1 Å². The number of amides is 1. The lowest BCUT2D eigenvalue weighted by atomic mass is 10.0. The number of carbonyl (C=O) groups is 2. The molecule has 0 aliphatic carbocycles. The van der Waals surface area contributed by atoms with Crippen LogP contribution in [0.5, 0.6) is 0 Å². The second kappa shape index (κ2) is 7.55. The Morgan fingerprint density at radius 1 is 1.35 bits per heavy atom. The number of hydrogen-bond acceptors (Lipinski definition) is 4. The molecule has 0 fully saturated rings. The summed E-state index contributed by atoms with van der Waals surface area (Å²) in [6.07, 6.45) is 0.261. The first-order valence-corrected chi connectivity index (χ1v) is 8.58. The highest BCUT2D eigenvalue weighted by molar-refractivity contribution is 7.16. The SMILES string of the molecule is CCOC(=O)CCn1c(=NC(C)=O)sc2cc(C(C)C)ccc21. The van der Waals surface area contributed by atoms with Crippen LogP contribution in [-0.2, 0) is 20.9 Å². The van der Waals surface area contributed by atoms with E-state index in [0.717, 1.165) is 10.2 Å². The lowest BCUT2D eigenvalue weighted by molar-refractivity contribution is -0.143. The third-order valence-electron chi connectivity index (χ3n) is 3.47. The monoisotopic (exact) mass is 334 g/mol. The van der Waals surface area contributed by atoms with Crippen LogP contribution in [0.25, 0.3) is 10.2 Å². The molecule has 0 saturated heterocycles. The Morgan fingerprint density at radius 3 is 2.70 bits per heavy atom. The molecule has 1 amide bonds. The summed E-state index contributed by atoms with van der Waals surface area (Å²) in [6, 6.07) is 6.24. The van der Waals surface area contributed by atoms with Gasteiger partial charge in [-0.05, 0) is 30.5 Å². The van der Waals surface area contributed by atoms with Crippen molar-refractivity contribution in [3.8, 4) is 0 Å². The highest BCUT2D eigenvalue weighted by atomic mass is 32.1. The Kier molecular flexibility index (Phi) is 5.71. The first kappa shape index (κ1) is 17.4. The number of aryl methyl sites for hydroxylation is 1. The van der Waals surface area contributed by atoms with Crippen molar-refractivity contribution < 1.29 is 14.3 Å². The van der Waals surface area contributed by atoms with E-state index in [9.17, 15) is 9.59 Å². The van der Waals surface area contributed by atoms with Crippen molar-refractivity contribution in [1.29, 1.82) is 0 Å². The maximum absolute atomic E-state index is 11.6. The zero-order chi connectivity index (χ0) is 17.0. The van der Waals surface area contributed by atoms with E-state index in [-0.39, 0.29) is 18.3 Å². The molecule has 0 unspecified atom stereocenters. The first-order chi connectivity index (χ1) is 10.9. The van der Waals surface area contributed by atoms with Crippen molar-refractivity contribution in [2.24, 2.45) is 4.99 Å². The third kappa shape index (κ3) is 4.28. The van der Waals surface area contributed by atoms with Gasteiger partial charge in [-0.3, -0.25) is 9.59 Å². The van der Waals surface area contributed by atoms with E-state index in [1.54, 1.807) is 6.92 Å². The number of hydrogen-bond donors (Lipinski definition) is 0. The quantitative estimate of drug-likeness (QED) is 0.789. The number of esters is 1. The summed E-state index contributed by atoms with van der Waals surface area (Å²) in [5.41, 5.74) is 2.23. The molecule has 2 rings (SSSR count). The molecule has 1 aromatic carbocycles. The predicted octanol–water partition coefficient (Wildman–Crippen LogP) is 3.23. The number of nitrogens with zero attached hydrogens (tertiary/aromatic N) is 2. The standard InChI is InChI=1S/C17H22N2O3S/c1-5-22-16(21)8-9-19-14-7-6-13(11(2)3)10-15(14)23-17(19)18-12(4)20/h6-7,10-11H,5,8-9H2,1-4H3. The minimum atomic E-state index is -0.245. The fourth-order valence-electron chi connectivity index (χ4n) is 2.32. The Labute approximate surface area is 139 Å². The second-order valence-corrected chi connectivity index (χ2v) is 6.61. The third-order valence-corrected chi connectivity index (χ3v) is 4.51. The summed E-state index contributed by atoms with van der Waals surface area (Å²) >= 11 is 1.47. The Balaban J connectivity index is 2.46. The number of fused-ring (bicyclic) bond motifs is 1. The van der Waals surface area contributed by atoms with Crippen LogP contribution in [0, 0.1) is 0 Å². The number of thiazole rings is 1. The van der Waals surface area contributed by atoms with E-state index in [1.807, 2.05) is 10.6 Å². The van der Waals surface area contributed by atoms with E-state index >= 15 is 0 Å². The number of benzene rings is 1. The van der Waals surface area contributed by atoms with E-state index in [2.05, 4.69) is 31.0 Å². The molecule has 0 radical (unpaired) electrons. The molecule has 0 atom stereocenters. The summed E-state index contributed by atoms with van der Waals surface area (Å²) in [7, 11) is 0. The fraction of sp³-hybridized carbons (Fsp3) is 0.471. The van der Waals surface area contributed by atoms with Gasteiger partial charge in [-0.2, -0.15) is 4.99 Å². The van der Waals surface area contributed by atoms with Crippen LogP contribution < -0.4 is 4.80 Å². The van der Waals surface area contributed by atoms with Gasteiger partial charge in [0.2, 0.25) is 5.91 Å². The summed E-state index contributed by atoms with van der Waals surface area (Å²) in [5, 5.41) is 0. The predicted molar refractivity (Wildman–Crippen MR) is 91.4 cm³/mol. The molecule has 5 nitrogen and oxygen atoms in total. The van der Waals surface area contributed by atoms with Crippen LogP contribution in [0.2, 0.25) is 0 Å². The summed E-state index contributed by atoms with van der Waals surface area (Å²) < 4.78 is 7.97. The molecule has 0 spiro atoms. The maximum Gasteiger partial charge on any atom is 0.307 e. The number of rotatable bonds is 5. The maximum atomic E-state index is 11.6. The molecule has 1 aromatic heterocycles. The zero-order valence-corrected chi connectivity index (χ0v) is 14.8. The molecule has 2 aromatic rings. The molecule has 6 heteroatoms. The van der Waals surface area contributed by atoms with Crippen molar-refractivity contribution in [2.45, 2.75) is 46.6 Å². The van der Waals surface area contributed by atoms with Crippen LogP contribution in [0.1, 0.15) is 45.6 Å². The first-order valence-electron chi connectivity index (χ1n) is 7.76. The van der Waals surface area contributed by atoms with E-state index in [0.29, 0.717) is 23.9 Å². The van der Waals surface area contributed by atoms with Gasteiger partial charge in [0.25, 0.3) is 0 Å². The average molecular weight is 334 g/mol. The number of carbonyl (C=O) groups excluding carboxylic acids is 2. The van der Waals surface area contributed by atoms with Gasteiger partial charge < -0.3 is 9.30 Å². The van der Waals surface area contributed by atoms with Gasteiger partial charge in [0.15, 0.2) is 4.80 Å². The highest BCUT2D eigenvalue weighted by Gasteiger charge is 2.11. The number of ether oxygens (including phenoxy) is 1. The normalized spacial score (nSPS) is 12.1. The van der Waals surface area contributed by atoms with Gasteiger partial charge in [-0.1, -0.05) is 31.3 Å². The molecule has 0 aliphatic heterocycles. The molecule has 0 bridgehead atoms. The van der Waals surface area contributed by atoms with E-state index < -0.39 is 0 Å². The van der Waals surface area contributed by atoms with Crippen molar-refractivity contribution in [2.75, 3.05) is 6.61 Å². The van der Waals surface area contributed by atoms with Gasteiger partial charge in [-0.15, -0.1) is 0 Å². The largest absolute Gasteiger partial charge is 0.466 e. The van der Waals surface area contributed by atoms with Gasteiger partial charge in [0.05, 0.1) is 23.2 Å². The lowest BCUT2D eigenvalue weighted by Crippen LogP contribution is -2.19. The van der Waals surface area contributed by atoms with Crippen molar-refractivity contribution in [3.63, 3.8) is 0 Å². The molecule has 23 heavy (non-hydrogen) atoms. The summed E-state index contributed by atoms with van der Waals surface area (Å²) in [4.78, 5) is 27.7. The van der Waals surface area contributed by atoms with Gasteiger partial charge in [0, 0.05) is 13.5 Å². The molecular formula is C17H22N2O3S. The average Bonchev–Trinajstić information content (AvgIpc) is 2.80. The smallest absolute Gasteiger partial charge is 0.307 e. The molecule has 0 saturated carbocycles. The molecule has 124 valence electrons. The van der Waals surface area contributed by atoms with Crippen LogP contribution >= 0.6 is 11.3 Å². The zero-order valence-electron chi connectivity index (χ0n) is 14.0. The summed E-state index contributed by atoms with van der Waals surface area (Å²) in [5.74, 6) is -0.0554. The van der Waals surface area contributed by atoms with Gasteiger partial charge in [0.1, 0.15) is 0 Å².